The lowest BCUT2D eigenvalue weighted by atomic mass is 10.2. The molecule has 2 rings (SSSR count). The Morgan fingerprint density at radius 3 is 2.86 bits per heavy atom. The molecule has 0 aliphatic heterocycles. The molecule has 0 saturated carbocycles. The van der Waals surface area contributed by atoms with Gasteiger partial charge in [-0.05, 0) is 59.1 Å². The lowest BCUT2D eigenvalue weighted by molar-refractivity contribution is 0.102. The molecule has 0 bridgehead atoms. The number of aryl methyl sites for hydroxylation is 1. The van der Waals surface area contributed by atoms with Gasteiger partial charge in [-0.3, -0.25) is 4.79 Å². The summed E-state index contributed by atoms with van der Waals surface area (Å²) in [5, 5.41) is 2.84. The van der Waals surface area contributed by atoms with Gasteiger partial charge in [-0.25, -0.2) is 4.98 Å². The minimum absolute atomic E-state index is 0.262. The van der Waals surface area contributed by atoms with E-state index in [9.17, 15) is 4.79 Å². The molecule has 1 N–H and O–H groups in total. The summed E-state index contributed by atoms with van der Waals surface area (Å²) in [6.45, 7) is 4.64. The molecule has 0 aliphatic carbocycles. The van der Waals surface area contributed by atoms with E-state index in [0.717, 1.165) is 12.0 Å². The monoisotopic (exact) mass is 348 g/mol. The van der Waals surface area contributed by atoms with Gasteiger partial charge < -0.3 is 10.1 Å². The number of aromatic nitrogens is 1. The van der Waals surface area contributed by atoms with Crippen LogP contribution in [0.4, 0.5) is 5.69 Å². The molecule has 5 heteroatoms. The maximum absolute atomic E-state index is 12.2. The number of carbonyl (C=O) groups excluding carboxylic acids is 1. The first kappa shape index (κ1) is 15.5. The number of amides is 1. The van der Waals surface area contributed by atoms with Crippen LogP contribution in [-0.2, 0) is 0 Å². The first-order valence-electron chi connectivity index (χ1n) is 6.77. The SMILES string of the molecule is CCCOc1cc(C)ccc1NC(=O)c1cccc(Br)n1. The predicted molar refractivity (Wildman–Crippen MR) is 86.9 cm³/mol. The zero-order valence-corrected chi connectivity index (χ0v) is 13.6. The summed E-state index contributed by atoms with van der Waals surface area (Å²) in [6.07, 6.45) is 0.911. The van der Waals surface area contributed by atoms with Crippen molar-refractivity contribution in [1.29, 1.82) is 0 Å². The van der Waals surface area contributed by atoms with Crippen molar-refractivity contribution >= 4 is 27.5 Å². The van der Waals surface area contributed by atoms with Gasteiger partial charge in [0.1, 0.15) is 16.0 Å². The second kappa shape index (κ2) is 7.22. The zero-order valence-electron chi connectivity index (χ0n) is 12.0. The van der Waals surface area contributed by atoms with Crippen LogP contribution in [0, 0.1) is 6.92 Å². The van der Waals surface area contributed by atoms with Crippen LogP contribution in [0.2, 0.25) is 0 Å². The summed E-state index contributed by atoms with van der Waals surface area (Å²) in [7, 11) is 0. The van der Waals surface area contributed by atoms with Crippen LogP contribution in [0.3, 0.4) is 0 Å². The summed E-state index contributed by atoms with van der Waals surface area (Å²) in [5.74, 6) is 0.418. The van der Waals surface area contributed by atoms with Crippen molar-refractivity contribution in [3.05, 3.63) is 52.3 Å². The molecule has 0 saturated heterocycles. The van der Waals surface area contributed by atoms with Crippen molar-refractivity contribution in [3.8, 4) is 5.75 Å². The molecular formula is C16H17BrN2O2. The highest BCUT2D eigenvalue weighted by Crippen LogP contribution is 2.26. The topological polar surface area (TPSA) is 51.2 Å². The molecule has 2 aromatic rings. The zero-order chi connectivity index (χ0) is 15.2. The van der Waals surface area contributed by atoms with Gasteiger partial charge in [0.15, 0.2) is 0 Å². The molecule has 1 aromatic carbocycles. The number of nitrogens with zero attached hydrogens (tertiary/aromatic N) is 1. The normalized spacial score (nSPS) is 10.2. The van der Waals surface area contributed by atoms with Crippen molar-refractivity contribution in [2.45, 2.75) is 20.3 Å². The second-order valence-electron chi connectivity index (χ2n) is 4.65. The summed E-state index contributed by atoms with van der Waals surface area (Å²) < 4.78 is 6.31. The number of nitrogens with one attached hydrogen (secondary N) is 1. The van der Waals surface area contributed by atoms with Crippen molar-refractivity contribution in [2.24, 2.45) is 0 Å². The van der Waals surface area contributed by atoms with E-state index in [1.54, 1.807) is 18.2 Å². The van der Waals surface area contributed by atoms with Crippen molar-refractivity contribution in [2.75, 3.05) is 11.9 Å². The number of ether oxygens (including phenoxy) is 1. The Kier molecular flexibility index (Phi) is 5.33. The number of rotatable bonds is 5. The number of benzene rings is 1. The third-order valence-electron chi connectivity index (χ3n) is 2.79. The summed E-state index contributed by atoms with van der Waals surface area (Å²) in [5.41, 5.74) is 2.09. The summed E-state index contributed by atoms with van der Waals surface area (Å²) in [6, 6.07) is 10.9. The third kappa shape index (κ3) is 4.29. The minimum Gasteiger partial charge on any atom is -0.491 e. The highest BCUT2D eigenvalue weighted by atomic mass is 79.9. The molecule has 0 atom stereocenters. The smallest absolute Gasteiger partial charge is 0.274 e. The van der Waals surface area contributed by atoms with E-state index in [2.05, 4.69) is 26.2 Å². The molecule has 21 heavy (non-hydrogen) atoms. The van der Waals surface area contributed by atoms with Gasteiger partial charge in [0.05, 0.1) is 12.3 Å². The first-order valence-corrected chi connectivity index (χ1v) is 7.57. The van der Waals surface area contributed by atoms with E-state index in [1.807, 2.05) is 32.0 Å². The van der Waals surface area contributed by atoms with Gasteiger partial charge in [0, 0.05) is 0 Å². The number of hydrogen-bond donors (Lipinski definition) is 1. The van der Waals surface area contributed by atoms with Crippen LogP contribution >= 0.6 is 15.9 Å². The van der Waals surface area contributed by atoms with Crippen molar-refractivity contribution in [3.63, 3.8) is 0 Å². The molecule has 0 spiro atoms. The summed E-state index contributed by atoms with van der Waals surface area (Å²) >= 11 is 3.26. The van der Waals surface area contributed by atoms with Crippen LogP contribution in [0.25, 0.3) is 0 Å². The van der Waals surface area contributed by atoms with E-state index in [0.29, 0.717) is 28.3 Å². The molecule has 0 unspecified atom stereocenters. The van der Waals surface area contributed by atoms with E-state index < -0.39 is 0 Å². The maximum atomic E-state index is 12.2. The fourth-order valence-corrected chi connectivity index (χ4v) is 2.13. The Morgan fingerprint density at radius 2 is 2.14 bits per heavy atom. The standard InChI is InChI=1S/C16H17BrN2O2/c1-3-9-21-14-10-11(2)7-8-12(14)19-16(20)13-5-4-6-15(17)18-13/h4-8,10H,3,9H2,1-2H3,(H,19,20). The molecule has 0 radical (unpaired) electrons. The number of pyridine rings is 1. The Hall–Kier alpha value is -1.88. The van der Waals surface area contributed by atoms with Crippen LogP contribution in [0.15, 0.2) is 41.0 Å². The highest BCUT2D eigenvalue weighted by Gasteiger charge is 2.11. The fraction of sp³-hybridized carbons (Fsp3) is 0.250. The van der Waals surface area contributed by atoms with Crippen LogP contribution in [0.1, 0.15) is 29.4 Å². The maximum Gasteiger partial charge on any atom is 0.274 e. The average Bonchev–Trinajstić information content (AvgIpc) is 2.47. The third-order valence-corrected chi connectivity index (χ3v) is 3.24. The number of hydrogen-bond acceptors (Lipinski definition) is 3. The van der Waals surface area contributed by atoms with Crippen LogP contribution in [-0.4, -0.2) is 17.5 Å². The molecule has 1 aromatic heterocycles. The van der Waals surface area contributed by atoms with Gasteiger partial charge in [-0.1, -0.05) is 19.1 Å². The molecule has 0 fully saturated rings. The largest absolute Gasteiger partial charge is 0.491 e. The number of anilines is 1. The van der Waals surface area contributed by atoms with E-state index in [4.69, 9.17) is 4.74 Å². The molecule has 1 heterocycles. The van der Waals surface area contributed by atoms with Gasteiger partial charge in [-0.15, -0.1) is 0 Å². The van der Waals surface area contributed by atoms with E-state index in [1.165, 1.54) is 0 Å². The molecule has 110 valence electrons. The molecule has 1 amide bonds. The van der Waals surface area contributed by atoms with E-state index >= 15 is 0 Å². The van der Waals surface area contributed by atoms with Crippen molar-refractivity contribution in [1.82, 2.24) is 4.98 Å². The lowest BCUT2D eigenvalue weighted by Gasteiger charge is -2.12. The highest BCUT2D eigenvalue weighted by molar-refractivity contribution is 9.10. The lowest BCUT2D eigenvalue weighted by Crippen LogP contribution is -2.14. The Morgan fingerprint density at radius 1 is 1.33 bits per heavy atom. The van der Waals surface area contributed by atoms with Gasteiger partial charge in [-0.2, -0.15) is 0 Å². The quantitative estimate of drug-likeness (QED) is 0.824. The number of carbonyl (C=O) groups is 1. The van der Waals surface area contributed by atoms with Gasteiger partial charge >= 0.3 is 0 Å². The average molecular weight is 349 g/mol. The van der Waals surface area contributed by atoms with E-state index in [-0.39, 0.29) is 5.91 Å². The van der Waals surface area contributed by atoms with Gasteiger partial charge in [0.25, 0.3) is 5.91 Å². The van der Waals surface area contributed by atoms with Gasteiger partial charge in [0.2, 0.25) is 0 Å². The predicted octanol–water partition coefficient (Wildman–Crippen LogP) is 4.19. The minimum atomic E-state index is -0.262. The Bertz CT molecular complexity index is 644. The first-order chi connectivity index (χ1) is 10.1. The fourth-order valence-electron chi connectivity index (χ4n) is 1.79. The molecular weight excluding hydrogens is 332 g/mol. The van der Waals surface area contributed by atoms with Crippen molar-refractivity contribution < 1.29 is 9.53 Å². The molecule has 0 aliphatic rings. The second-order valence-corrected chi connectivity index (χ2v) is 5.46. The summed E-state index contributed by atoms with van der Waals surface area (Å²) in [4.78, 5) is 16.4. The Labute approximate surface area is 132 Å². The van der Waals surface area contributed by atoms with Crippen LogP contribution < -0.4 is 10.1 Å². The molecule has 4 nitrogen and oxygen atoms in total. The Balaban J connectivity index is 2.20. The van der Waals surface area contributed by atoms with Crippen LogP contribution in [0.5, 0.6) is 5.75 Å². The number of halogens is 1.